The molecule has 1 aromatic rings. The molecule has 6 nitrogen and oxygen atoms in total. The molecule has 1 aromatic heterocycles. The molecule has 1 aliphatic heterocycles. The number of nitrogens with one attached hydrogen (secondary N) is 1. The van der Waals surface area contributed by atoms with E-state index in [4.69, 9.17) is 37.2 Å². The Morgan fingerprint density at radius 3 is 2.14 bits per heavy atom. The van der Waals surface area contributed by atoms with Crippen LogP contribution in [0.3, 0.4) is 0 Å². The van der Waals surface area contributed by atoms with E-state index in [1.165, 1.54) is 0 Å². The predicted molar refractivity (Wildman–Crippen MR) is 113 cm³/mol. The fourth-order valence-corrected chi connectivity index (χ4v) is 2.94. The van der Waals surface area contributed by atoms with Gasteiger partial charge in [-0.05, 0) is 71.6 Å². The number of pyridine rings is 1. The van der Waals surface area contributed by atoms with Crippen LogP contribution >= 0.6 is 23.2 Å². The van der Waals surface area contributed by atoms with Gasteiger partial charge in [-0.1, -0.05) is 29.3 Å². The smallest absolute Gasteiger partial charge is 0.444 e. The van der Waals surface area contributed by atoms with E-state index in [2.05, 4.69) is 10.3 Å². The Kier molecular flexibility index (Phi) is 6.76. The minimum Gasteiger partial charge on any atom is -0.444 e. The topological polar surface area (TPSA) is 69.7 Å². The van der Waals surface area contributed by atoms with Crippen LogP contribution in [0.1, 0.15) is 54.0 Å². The van der Waals surface area contributed by atoms with E-state index < -0.39 is 30.0 Å². The van der Waals surface area contributed by atoms with Crippen molar-refractivity contribution < 1.29 is 18.8 Å². The standard InChI is InChI=1S/C19H27BCl2N2O4/c1-17(2,3)26-16(25)23-11-13(8-12-9-14(21)24-15(22)10-12)20-27-18(4,5)19(6,7)28-20/h8-10H,11H2,1-7H3,(H,23,25). The van der Waals surface area contributed by atoms with Crippen molar-refractivity contribution in [3.63, 3.8) is 0 Å². The van der Waals surface area contributed by atoms with Crippen molar-refractivity contribution in [1.29, 1.82) is 0 Å². The maximum atomic E-state index is 12.1. The second kappa shape index (κ2) is 8.23. The maximum Gasteiger partial charge on any atom is 0.492 e. The number of carbonyl (C=O) groups is 1. The average Bonchev–Trinajstić information content (AvgIpc) is 2.68. The molecule has 154 valence electrons. The molecular formula is C19H27BCl2N2O4. The number of aromatic nitrogens is 1. The van der Waals surface area contributed by atoms with Crippen LogP contribution in [0.15, 0.2) is 17.6 Å². The van der Waals surface area contributed by atoms with Crippen molar-refractivity contribution >= 4 is 42.5 Å². The SMILES string of the molecule is CC(C)(C)OC(=O)NCC(=Cc1cc(Cl)nc(Cl)c1)B1OC(C)(C)C(C)(C)O1. The molecule has 2 heterocycles. The molecule has 0 spiro atoms. The number of hydrogen-bond donors (Lipinski definition) is 1. The zero-order valence-electron chi connectivity index (χ0n) is 17.4. The predicted octanol–water partition coefficient (Wildman–Crippen LogP) is 4.93. The molecular weight excluding hydrogens is 402 g/mol. The van der Waals surface area contributed by atoms with Crippen LogP contribution in [0.4, 0.5) is 4.79 Å². The summed E-state index contributed by atoms with van der Waals surface area (Å²) >= 11 is 12.0. The highest BCUT2D eigenvalue weighted by atomic mass is 35.5. The zero-order valence-corrected chi connectivity index (χ0v) is 18.9. The van der Waals surface area contributed by atoms with Crippen molar-refractivity contribution in [3.8, 4) is 0 Å². The number of nitrogens with zero attached hydrogens (tertiary/aromatic N) is 1. The number of ether oxygens (including phenoxy) is 1. The maximum absolute atomic E-state index is 12.1. The molecule has 0 atom stereocenters. The summed E-state index contributed by atoms with van der Waals surface area (Å²) in [4.78, 5) is 16.0. The fourth-order valence-electron chi connectivity index (χ4n) is 2.47. The lowest BCUT2D eigenvalue weighted by atomic mass is 9.77. The third-order valence-corrected chi connectivity index (χ3v) is 4.92. The molecule has 0 radical (unpaired) electrons. The van der Waals surface area contributed by atoms with Crippen LogP contribution < -0.4 is 5.32 Å². The van der Waals surface area contributed by atoms with Gasteiger partial charge in [-0.3, -0.25) is 0 Å². The molecule has 2 rings (SSSR count). The van der Waals surface area contributed by atoms with Gasteiger partial charge in [0.1, 0.15) is 15.9 Å². The van der Waals surface area contributed by atoms with E-state index in [0.29, 0.717) is 5.47 Å². The van der Waals surface area contributed by atoms with E-state index in [1.807, 2.05) is 33.8 Å². The van der Waals surface area contributed by atoms with Crippen molar-refractivity contribution in [1.82, 2.24) is 10.3 Å². The first kappa shape index (κ1) is 23.0. The quantitative estimate of drug-likeness (QED) is 0.543. The first-order chi connectivity index (χ1) is 12.7. The highest BCUT2D eigenvalue weighted by Gasteiger charge is 2.52. The van der Waals surface area contributed by atoms with Gasteiger partial charge in [0, 0.05) is 6.54 Å². The summed E-state index contributed by atoms with van der Waals surface area (Å²) in [5, 5.41) is 3.29. The van der Waals surface area contributed by atoms with Crippen molar-refractivity contribution in [2.45, 2.75) is 65.3 Å². The Bertz CT molecular complexity index is 739. The number of hydrogen-bond acceptors (Lipinski definition) is 5. The Balaban J connectivity index is 2.28. The molecule has 1 aliphatic rings. The van der Waals surface area contributed by atoms with Crippen LogP contribution in [0.25, 0.3) is 6.08 Å². The van der Waals surface area contributed by atoms with Gasteiger partial charge < -0.3 is 19.4 Å². The Morgan fingerprint density at radius 2 is 1.68 bits per heavy atom. The summed E-state index contributed by atoms with van der Waals surface area (Å²) in [6.07, 6.45) is 1.29. The number of amides is 1. The summed E-state index contributed by atoms with van der Waals surface area (Å²) in [5.41, 5.74) is -0.208. The number of halogens is 2. The second-order valence-corrected chi connectivity index (χ2v) is 9.48. The Morgan fingerprint density at radius 1 is 1.18 bits per heavy atom. The summed E-state index contributed by atoms with van der Waals surface area (Å²) < 4.78 is 17.6. The van der Waals surface area contributed by atoms with Gasteiger partial charge in [-0.25, -0.2) is 9.78 Å². The molecule has 0 aliphatic carbocycles. The van der Waals surface area contributed by atoms with Crippen molar-refractivity contribution in [2.24, 2.45) is 0 Å². The minimum atomic E-state index is -0.648. The highest BCUT2D eigenvalue weighted by Crippen LogP contribution is 2.38. The largest absolute Gasteiger partial charge is 0.492 e. The zero-order chi connectivity index (χ0) is 21.3. The van der Waals surface area contributed by atoms with Gasteiger partial charge in [-0.15, -0.1) is 0 Å². The highest BCUT2D eigenvalue weighted by molar-refractivity contribution is 6.56. The summed E-state index contributed by atoms with van der Waals surface area (Å²) in [5.74, 6) is 0. The van der Waals surface area contributed by atoms with E-state index in [1.54, 1.807) is 32.9 Å². The molecule has 0 saturated carbocycles. The molecule has 0 bridgehead atoms. The summed E-state index contributed by atoms with van der Waals surface area (Å²) in [6.45, 7) is 13.4. The molecule has 1 fully saturated rings. The molecule has 1 N–H and O–H groups in total. The van der Waals surface area contributed by atoms with Gasteiger partial charge >= 0.3 is 13.2 Å². The summed E-state index contributed by atoms with van der Waals surface area (Å²) in [7, 11) is -0.648. The molecule has 28 heavy (non-hydrogen) atoms. The monoisotopic (exact) mass is 428 g/mol. The van der Waals surface area contributed by atoms with Gasteiger partial charge in [0.25, 0.3) is 0 Å². The van der Waals surface area contributed by atoms with E-state index in [0.717, 1.165) is 5.56 Å². The van der Waals surface area contributed by atoms with Gasteiger partial charge in [0.05, 0.1) is 11.2 Å². The van der Waals surface area contributed by atoms with Gasteiger partial charge in [0.2, 0.25) is 0 Å². The van der Waals surface area contributed by atoms with Gasteiger partial charge in [-0.2, -0.15) is 0 Å². The Hall–Kier alpha value is -1.28. The number of rotatable bonds is 4. The fraction of sp³-hybridized carbons (Fsp3) is 0.579. The third kappa shape index (κ3) is 6.11. The third-order valence-electron chi connectivity index (χ3n) is 4.53. The normalized spacial score (nSPS) is 18.9. The summed E-state index contributed by atoms with van der Waals surface area (Å²) in [6, 6.07) is 3.35. The molecule has 1 saturated heterocycles. The average molecular weight is 429 g/mol. The molecule has 0 aromatic carbocycles. The lowest BCUT2D eigenvalue weighted by molar-refractivity contribution is 0.00578. The molecule has 1 amide bonds. The Labute approximate surface area is 177 Å². The van der Waals surface area contributed by atoms with Crippen LogP contribution in [0.5, 0.6) is 0 Å². The van der Waals surface area contributed by atoms with Crippen LogP contribution in [0, 0.1) is 0 Å². The van der Waals surface area contributed by atoms with Crippen LogP contribution in [0.2, 0.25) is 10.3 Å². The lowest BCUT2D eigenvalue weighted by Crippen LogP contribution is -2.41. The number of carbonyl (C=O) groups excluding carboxylic acids is 1. The first-order valence-electron chi connectivity index (χ1n) is 9.05. The van der Waals surface area contributed by atoms with E-state index in [-0.39, 0.29) is 16.9 Å². The van der Waals surface area contributed by atoms with Crippen LogP contribution in [-0.2, 0) is 14.0 Å². The first-order valence-corrected chi connectivity index (χ1v) is 9.80. The van der Waals surface area contributed by atoms with Gasteiger partial charge in [0.15, 0.2) is 0 Å². The second-order valence-electron chi connectivity index (χ2n) is 8.71. The van der Waals surface area contributed by atoms with Crippen LogP contribution in [-0.4, -0.2) is 41.5 Å². The van der Waals surface area contributed by atoms with Crippen molar-refractivity contribution in [2.75, 3.05) is 6.54 Å². The number of alkyl carbamates (subject to hydrolysis) is 1. The van der Waals surface area contributed by atoms with E-state index >= 15 is 0 Å². The molecule has 9 heteroatoms. The molecule has 0 unspecified atom stereocenters. The minimum absolute atomic E-state index is 0.170. The lowest BCUT2D eigenvalue weighted by Gasteiger charge is -2.32. The van der Waals surface area contributed by atoms with Crippen molar-refractivity contribution in [3.05, 3.63) is 33.5 Å². The van der Waals surface area contributed by atoms with E-state index in [9.17, 15) is 4.79 Å².